The average Bonchev–Trinajstić information content (AvgIpc) is 2.39. The smallest absolute Gasteiger partial charge is 0.241 e. The van der Waals surface area contributed by atoms with Crippen LogP contribution in [0.1, 0.15) is 6.92 Å². The standard InChI is InChI=1S/C7H10N2OS/c1-5(8)7(10)9-6-3-2-4-11-6/h2-5H,8H2,1H3,(H,9,10)/t5-/m1/s1. The van der Waals surface area contributed by atoms with E-state index in [0.717, 1.165) is 5.00 Å². The minimum atomic E-state index is -0.447. The third-order valence-corrected chi connectivity index (χ3v) is 1.97. The molecule has 1 aromatic rings. The summed E-state index contributed by atoms with van der Waals surface area (Å²) in [5, 5.41) is 5.42. The van der Waals surface area contributed by atoms with Crippen molar-refractivity contribution in [2.45, 2.75) is 13.0 Å². The highest BCUT2D eigenvalue weighted by molar-refractivity contribution is 7.14. The van der Waals surface area contributed by atoms with E-state index in [4.69, 9.17) is 5.73 Å². The van der Waals surface area contributed by atoms with Crippen LogP contribution in [0.25, 0.3) is 0 Å². The van der Waals surface area contributed by atoms with Gasteiger partial charge in [0.05, 0.1) is 11.0 Å². The molecule has 1 amide bonds. The van der Waals surface area contributed by atoms with E-state index in [9.17, 15) is 4.79 Å². The lowest BCUT2D eigenvalue weighted by molar-refractivity contribution is -0.117. The van der Waals surface area contributed by atoms with Gasteiger partial charge in [-0.05, 0) is 24.4 Å². The van der Waals surface area contributed by atoms with Crippen molar-refractivity contribution in [2.24, 2.45) is 5.73 Å². The van der Waals surface area contributed by atoms with E-state index in [2.05, 4.69) is 5.32 Å². The Hall–Kier alpha value is -0.870. The zero-order chi connectivity index (χ0) is 8.27. The molecule has 1 atom stereocenters. The van der Waals surface area contributed by atoms with Crippen molar-refractivity contribution in [1.29, 1.82) is 0 Å². The van der Waals surface area contributed by atoms with E-state index in [1.165, 1.54) is 11.3 Å². The molecule has 0 saturated heterocycles. The van der Waals surface area contributed by atoms with Crippen LogP contribution in [0.3, 0.4) is 0 Å². The number of carbonyl (C=O) groups excluding carboxylic acids is 1. The van der Waals surface area contributed by atoms with Crippen LogP contribution in [-0.2, 0) is 4.79 Å². The summed E-state index contributed by atoms with van der Waals surface area (Å²) in [4.78, 5) is 11.0. The molecular weight excluding hydrogens is 160 g/mol. The summed E-state index contributed by atoms with van der Waals surface area (Å²) in [7, 11) is 0. The maximum absolute atomic E-state index is 11.0. The molecule has 1 aromatic heterocycles. The fraction of sp³-hybridized carbons (Fsp3) is 0.286. The first-order valence-corrected chi connectivity index (χ1v) is 4.18. The molecule has 0 aliphatic carbocycles. The van der Waals surface area contributed by atoms with Gasteiger partial charge in [0, 0.05) is 0 Å². The largest absolute Gasteiger partial charge is 0.320 e. The van der Waals surface area contributed by atoms with E-state index in [1.807, 2.05) is 17.5 Å². The predicted molar refractivity (Wildman–Crippen MR) is 46.6 cm³/mol. The zero-order valence-electron chi connectivity index (χ0n) is 6.20. The quantitative estimate of drug-likeness (QED) is 0.696. The molecule has 3 nitrogen and oxygen atoms in total. The van der Waals surface area contributed by atoms with Gasteiger partial charge in [-0.25, -0.2) is 0 Å². The van der Waals surface area contributed by atoms with Crippen LogP contribution in [0.4, 0.5) is 5.00 Å². The molecule has 60 valence electrons. The average molecular weight is 170 g/mol. The van der Waals surface area contributed by atoms with E-state index >= 15 is 0 Å². The number of rotatable bonds is 2. The molecule has 0 aliphatic heterocycles. The van der Waals surface area contributed by atoms with Gasteiger partial charge in [-0.3, -0.25) is 4.79 Å². The molecule has 0 fully saturated rings. The van der Waals surface area contributed by atoms with Crippen LogP contribution in [0.15, 0.2) is 17.5 Å². The van der Waals surface area contributed by atoms with Crippen molar-refractivity contribution >= 4 is 22.2 Å². The Bertz CT molecular complexity index is 231. The van der Waals surface area contributed by atoms with Crippen molar-refractivity contribution < 1.29 is 4.79 Å². The first-order chi connectivity index (χ1) is 5.20. The summed E-state index contributed by atoms with van der Waals surface area (Å²) in [6, 6.07) is 3.27. The van der Waals surface area contributed by atoms with E-state index in [1.54, 1.807) is 6.92 Å². The van der Waals surface area contributed by atoms with Gasteiger partial charge in [-0.2, -0.15) is 0 Å². The topological polar surface area (TPSA) is 55.1 Å². The van der Waals surface area contributed by atoms with Gasteiger partial charge in [0.15, 0.2) is 0 Å². The lowest BCUT2D eigenvalue weighted by Crippen LogP contribution is -2.32. The monoisotopic (exact) mass is 170 g/mol. The minimum Gasteiger partial charge on any atom is -0.320 e. The predicted octanol–water partition coefficient (Wildman–Crippen LogP) is 1.03. The Balaban J connectivity index is 2.50. The second-order valence-electron chi connectivity index (χ2n) is 2.26. The Morgan fingerprint density at radius 2 is 2.55 bits per heavy atom. The molecule has 0 radical (unpaired) electrons. The number of hydrogen-bond donors (Lipinski definition) is 2. The number of hydrogen-bond acceptors (Lipinski definition) is 3. The van der Waals surface area contributed by atoms with Crippen LogP contribution < -0.4 is 11.1 Å². The van der Waals surface area contributed by atoms with Gasteiger partial charge in [0.1, 0.15) is 0 Å². The minimum absolute atomic E-state index is 0.146. The van der Waals surface area contributed by atoms with Gasteiger partial charge in [-0.15, -0.1) is 11.3 Å². The van der Waals surface area contributed by atoms with Crippen molar-refractivity contribution in [3.05, 3.63) is 17.5 Å². The van der Waals surface area contributed by atoms with Crippen molar-refractivity contribution in [3.8, 4) is 0 Å². The molecule has 4 heteroatoms. The van der Waals surface area contributed by atoms with Crippen molar-refractivity contribution in [2.75, 3.05) is 5.32 Å². The van der Waals surface area contributed by atoms with Gasteiger partial charge in [-0.1, -0.05) is 0 Å². The highest BCUT2D eigenvalue weighted by atomic mass is 32.1. The number of amides is 1. The lowest BCUT2D eigenvalue weighted by Gasteiger charge is -2.03. The summed E-state index contributed by atoms with van der Waals surface area (Å²) in [5.74, 6) is -0.146. The van der Waals surface area contributed by atoms with Crippen molar-refractivity contribution in [1.82, 2.24) is 0 Å². The second kappa shape index (κ2) is 3.50. The van der Waals surface area contributed by atoms with Gasteiger partial charge >= 0.3 is 0 Å². The van der Waals surface area contributed by atoms with Crippen LogP contribution in [0.5, 0.6) is 0 Å². The number of anilines is 1. The molecule has 0 aliphatic rings. The summed E-state index contributed by atoms with van der Waals surface area (Å²) < 4.78 is 0. The summed E-state index contributed by atoms with van der Waals surface area (Å²) in [5.41, 5.74) is 5.35. The highest BCUT2D eigenvalue weighted by Crippen LogP contribution is 2.14. The Morgan fingerprint density at radius 3 is 3.00 bits per heavy atom. The molecule has 0 saturated carbocycles. The maximum Gasteiger partial charge on any atom is 0.241 e. The Kier molecular flexibility index (Phi) is 2.62. The lowest BCUT2D eigenvalue weighted by atomic mass is 10.3. The molecule has 1 heterocycles. The molecule has 0 spiro atoms. The van der Waals surface area contributed by atoms with E-state index in [-0.39, 0.29) is 5.91 Å². The normalized spacial score (nSPS) is 12.5. The van der Waals surface area contributed by atoms with Gasteiger partial charge in [0.25, 0.3) is 0 Å². The number of nitrogens with two attached hydrogens (primary N) is 1. The van der Waals surface area contributed by atoms with Crippen molar-refractivity contribution in [3.63, 3.8) is 0 Å². The third-order valence-electron chi connectivity index (χ3n) is 1.18. The summed E-state index contributed by atoms with van der Waals surface area (Å²) in [6.45, 7) is 1.66. The highest BCUT2D eigenvalue weighted by Gasteiger charge is 2.06. The van der Waals surface area contributed by atoms with Crippen LogP contribution in [0.2, 0.25) is 0 Å². The molecule has 1 rings (SSSR count). The molecule has 11 heavy (non-hydrogen) atoms. The first kappa shape index (κ1) is 8.23. The molecule has 3 N–H and O–H groups in total. The Labute approximate surface area is 69.2 Å². The zero-order valence-corrected chi connectivity index (χ0v) is 7.02. The first-order valence-electron chi connectivity index (χ1n) is 3.30. The molecule has 0 aromatic carbocycles. The van der Waals surface area contributed by atoms with Gasteiger partial charge < -0.3 is 11.1 Å². The number of thiophene rings is 1. The second-order valence-corrected chi connectivity index (χ2v) is 3.20. The van der Waals surface area contributed by atoms with Crippen LogP contribution in [0, 0.1) is 0 Å². The fourth-order valence-electron chi connectivity index (χ4n) is 0.585. The molecule has 0 unspecified atom stereocenters. The number of nitrogens with one attached hydrogen (secondary N) is 1. The van der Waals surface area contributed by atoms with Crippen LogP contribution >= 0.6 is 11.3 Å². The third kappa shape index (κ3) is 2.32. The summed E-state index contributed by atoms with van der Waals surface area (Å²) >= 11 is 1.48. The van der Waals surface area contributed by atoms with Gasteiger partial charge in [0.2, 0.25) is 5.91 Å². The maximum atomic E-state index is 11.0. The van der Waals surface area contributed by atoms with E-state index < -0.39 is 6.04 Å². The fourth-order valence-corrected chi connectivity index (χ4v) is 1.21. The van der Waals surface area contributed by atoms with Crippen LogP contribution in [-0.4, -0.2) is 11.9 Å². The SMILES string of the molecule is C[C@@H](N)C(=O)Nc1cccs1. The number of carbonyl (C=O) groups is 1. The Morgan fingerprint density at radius 1 is 1.82 bits per heavy atom. The molecule has 0 bridgehead atoms. The van der Waals surface area contributed by atoms with E-state index in [0.29, 0.717) is 0 Å². The molecular formula is C7H10N2OS. The summed E-state index contributed by atoms with van der Waals surface area (Å²) in [6.07, 6.45) is 0.